The molecule has 0 atom stereocenters. The fraction of sp³-hybridized carbons (Fsp3) is 0.400. The van der Waals surface area contributed by atoms with Crippen molar-refractivity contribution in [1.82, 2.24) is 20.1 Å². The zero-order valence-corrected chi connectivity index (χ0v) is 19.5. The zero-order valence-electron chi connectivity index (χ0n) is 19.5. The van der Waals surface area contributed by atoms with Gasteiger partial charge in [-0.25, -0.2) is 0 Å². The Morgan fingerprint density at radius 3 is 2.64 bits per heavy atom. The van der Waals surface area contributed by atoms with Crippen LogP contribution >= 0.6 is 0 Å². The molecule has 3 aliphatic heterocycles. The maximum absolute atomic E-state index is 14.0. The number of carbonyl (C=O) groups excluding carboxylic acids is 1. The summed E-state index contributed by atoms with van der Waals surface area (Å²) in [5.74, 6) is 0.389. The molecule has 6 rings (SSSR count). The summed E-state index contributed by atoms with van der Waals surface area (Å²) in [6, 6.07) is 9.83. The monoisotopic (exact) mass is 499 g/mol. The van der Waals surface area contributed by atoms with Crippen molar-refractivity contribution in [2.45, 2.75) is 30.7 Å². The van der Waals surface area contributed by atoms with Gasteiger partial charge >= 0.3 is 6.18 Å². The number of benzene rings is 2. The summed E-state index contributed by atoms with van der Waals surface area (Å²) in [4.78, 5) is 14.8. The molecule has 3 aliphatic rings. The van der Waals surface area contributed by atoms with Crippen LogP contribution in [0.25, 0.3) is 0 Å². The van der Waals surface area contributed by atoms with Gasteiger partial charge in [0.15, 0.2) is 0 Å². The molecule has 11 heteroatoms. The fourth-order valence-electron chi connectivity index (χ4n) is 4.94. The third-order valence-electron chi connectivity index (χ3n) is 7.20. The van der Waals surface area contributed by atoms with Gasteiger partial charge in [0, 0.05) is 43.2 Å². The lowest BCUT2D eigenvalue weighted by atomic mass is 9.75. The Morgan fingerprint density at radius 2 is 2.03 bits per heavy atom. The highest BCUT2D eigenvalue weighted by Gasteiger charge is 2.44. The van der Waals surface area contributed by atoms with Crippen molar-refractivity contribution >= 4 is 11.6 Å². The fourth-order valence-corrected chi connectivity index (χ4v) is 4.94. The van der Waals surface area contributed by atoms with Crippen LogP contribution in [0.1, 0.15) is 32.9 Å². The standard InChI is InChI=1S/C25H24F3N5O3/c1-32-14-30-31-22(32)8-24(12-35-13-24)15-3-2-4-16(5-15)33-11-20-19(23(33)34)6-17(36-18-9-29-10-18)7-21(20)25(26,27)28/h2-7,14,18,29H,8-13H2,1H3. The Labute approximate surface area is 205 Å². The minimum Gasteiger partial charge on any atom is -0.488 e. The number of hydrogen-bond acceptors (Lipinski definition) is 6. The molecule has 0 unspecified atom stereocenters. The number of carbonyl (C=O) groups is 1. The van der Waals surface area contributed by atoms with E-state index in [1.54, 1.807) is 12.4 Å². The van der Waals surface area contributed by atoms with E-state index < -0.39 is 17.6 Å². The molecule has 188 valence electrons. The second kappa shape index (κ2) is 8.31. The van der Waals surface area contributed by atoms with Crippen molar-refractivity contribution in [2.24, 2.45) is 7.05 Å². The SMILES string of the molecule is Cn1cnnc1CC1(c2cccc(N3Cc4c(cc(OC5CNC5)cc4C(F)(F)F)C3=O)c2)COC1. The van der Waals surface area contributed by atoms with Gasteiger partial charge in [0.25, 0.3) is 5.91 Å². The van der Waals surface area contributed by atoms with E-state index in [-0.39, 0.29) is 34.9 Å². The van der Waals surface area contributed by atoms with Crippen LogP contribution in [0.3, 0.4) is 0 Å². The van der Waals surface area contributed by atoms with E-state index in [2.05, 4.69) is 15.5 Å². The molecule has 0 spiro atoms. The number of alkyl halides is 3. The summed E-state index contributed by atoms with van der Waals surface area (Å²) < 4.78 is 55.0. The number of amides is 1. The molecular weight excluding hydrogens is 475 g/mol. The van der Waals surface area contributed by atoms with Crippen LogP contribution in [0.4, 0.5) is 18.9 Å². The molecule has 2 saturated heterocycles. The van der Waals surface area contributed by atoms with Crippen LogP contribution < -0.4 is 15.0 Å². The van der Waals surface area contributed by atoms with Crippen molar-refractivity contribution in [3.8, 4) is 5.75 Å². The Hall–Kier alpha value is -3.44. The van der Waals surface area contributed by atoms with E-state index in [4.69, 9.17) is 9.47 Å². The summed E-state index contributed by atoms with van der Waals surface area (Å²) in [5, 5.41) is 11.2. The average Bonchev–Trinajstić information content (AvgIpc) is 3.35. The number of hydrogen-bond donors (Lipinski definition) is 1. The lowest BCUT2D eigenvalue weighted by molar-refractivity contribution is -0.138. The number of anilines is 1. The number of nitrogens with one attached hydrogen (secondary N) is 1. The molecule has 36 heavy (non-hydrogen) atoms. The summed E-state index contributed by atoms with van der Waals surface area (Å²) in [7, 11) is 1.87. The normalized spacial score (nSPS) is 19.1. The zero-order chi connectivity index (χ0) is 25.1. The number of nitrogens with zero attached hydrogens (tertiary/aromatic N) is 4. The van der Waals surface area contributed by atoms with Crippen molar-refractivity contribution < 1.29 is 27.4 Å². The van der Waals surface area contributed by atoms with Gasteiger partial charge in [-0.15, -0.1) is 10.2 Å². The third kappa shape index (κ3) is 3.82. The number of aryl methyl sites for hydroxylation is 1. The predicted octanol–water partition coefficient (Wildman–Crippen LogP) is 2.86. The highest BCUT2D eigenvalue weighted by atomic mass is 19.4. The molecular formula is C25H24F3N5O3. The van der Waals surface area contributed by atoms with Gasteiger partial charge in [-0.05, 0) is 35.4 Å². The summed E-state index contributed by atoms with van der Waals surface area (Å²) in [5.41, 5.74) is 0.297. The van der Waals surface area contributed by atoms with Crippen molar-refractivity contribution in [3.05, 3.63) is 70.8 Å². The maximum Gasteiger partial charge on any atom is 0.416 e. The second-order valence-corrected chi connectivity index (χ2v) is 9.64. The average molecular weight is 499 g/mol. The molecule has 2 aromatic carbocycles. The lowest BCUT2D eigenvalue weighted by Crippen LogP contribution is -2.50. The van der Waals surface area contributed by atoms with Gasteiger partial charge in [0.05, 0.1) is 25.3 Å². The molecule has 0 bridgehead atoms. The van der Waals surface area contributed by atoms with E-state index in [9.17, 15) is 18.0 Å². The number of rotatable bonds is 6. The first-order valence-electron chi connectivity index (χ1n) is 11.7. The van der Waals surface area contributed by atoms with Gasteiger partial charge in [0.2, 0.25) is 0 Å². The molecule has 4 heterocycles. The summed E-state index contributed by atoms with van der Waals surface area (Å²) >= 11 is 0. The predicted molar refractivity (Wildman–Crippen MR) is 123 cm³/mol. The first-order valence-corrected chi connectivity index (χ1v) is 11.7. The van der Waals surface area contributed by atoms with E-state index in [0.29, 0.717) is 38.4 Å². The largest absolute Gasteiger partial charge is 0.488 e. The first-order chi connectivity index (χ1) is 17.2. The Morgan fingerprint density at radius 1 is 1.22 bits per heavy atom. The van der Waals surface area contributed by atoms with E-state index in [0.717, 1.165) is 17.5 Å². The molecule has 1 aromatic heterocycles. The van der Waals surface area contributed by atoms with Crippen LogP contribution in [-0.4, -0.2) is 53.1 Å². The minimum absolute atomic E-state index is 0.0262. The Bertz CT molecular complexity index is 1330. The van der Waals surface area contributed by atoms with E-state index in [1.165, 1.54) is 11.0 Å². The quantitative estimate of drug-likeness (QED) is 0.562. The van der Waals surface area contributed by atoms with Gasteiger partial charge in [-0.1, -0.05) is 12.1 Å². The molecule has 1 amide bonds. The van der Waals surface area contributed by atoms with Crippen LogP contribution in [0, 0.1) is 0 Å². The number of aromatic nitrogens is 3. The Kier molecular flexibility index (Phi) is 5.31. The van der Waals surface area contributed by atoms with Gasteiger partial charge in [-0.3, -0.25) is 4.79 Å². The van der Waals surface area contributed by atoms with Crippen LogP contribution in [0.15, 0.2) is 42.7 Å². The van der Waals surface area contributed by atoms with Crippen LogP contribution in [0.2, 0.25) is 0 Å². The number of ether oxygens (including phenoxy) is 2. The number of fused-ring (bicyclic) bond motifs is 1. The molecule has 0 aliphatic carbocycles. The summed E-state index contributed by atoms with van der Waals surface area (Å²) in [6.45, 7) is 1.92. The highest BCUT2D eigenvalue weighted by molar-refractivity contribution is 6.10. The number of halogens is 3. The van der Waals surface area contributed by atoms with Crippen molar-refractivity contribution in [2.75, 3.05) is 31.2 Å². The minimum atomic E-state index is -4.61. The molecule has 3 aromatic rings. The highest BCUT2D eigenvalue weighted by Crippen LogP contribution is 2.42. The smallest absolute Gasteiger partial charge is 0.416 e. The topological polar surface area (TPSA) is 81.5 Å². The summed E-state index contributed by atoms with van der Waals surface area (Å²) in [6.07, 6.45) is -2.58. The maximum atomic E-state index is 14.0. The first kappa shape index (κ1) is 23.0. The van der Waals surface area contributed by atoms with Gasteiger partial charge < -0.3 is 24.3 Å². The molecule has 0 saturated carbocycles. The van der Waals surface area contributed by atoms with Gasteiger partial charge in [0.1, 0.15) is 24.0 Å². The molecule has 2 fully saturated rings. The third-order valence-corrected chi connectivity index (χ3v) is 7.20. The second-order valence-electron chi connectivity index (χ2n) is 9.64. The van der Waals surface area contributed by atoms with E-state index >= 15 is 0 Å². The van der Waals surface area contributed by atoms with E-state index in [1.807, 2.05) is 29.8 Å². The Balaban J connectivity index is 1.33. The van der Waals surface area contributed by atoms with Crippen LogP contribution in [-0.2, 0) is 36.3 Å². The van der Waals surface area contributed by atoms with Gasteiger partial charge in [-0.2, -0.15) is 13.2 Å². The van der Waals surface area contributed by atoms with Crippen molar-refractivity contribution in [1.29, 1.82) is 0 Å². The lowest BCUT2D eigenvalue weighted by Gasteiger charge is -2.42. The van der Waals surface area contributed by atoms with Crippen molar-refractivity contribution in [3.63, 3.8) is 0 Å². The molecule has 1 N–H and O–H groups in total. The van der Waals surface area contributed by atoms with Crippen LogP contribution in [0.5, 0.6) is 5.75 Å². The molecule has 0 radical (unpaired) electrons. The molecule has 8 nitrogen and oxygen atoms in total.